The number of carboxylic acid groups (broad SMARTS) is 1. The van der Waals surface area contributed by atoms with Gasteiger partial charge in [0.25, 0.3) is 0 Å². The predicted octanol–water partition coefficient (Wildman–Crippen LogP) is 6.36. The van der Waals surface area contributed by atoms with Crippen molar-refractivity contribution in [2.24, 2.45) is 0 Å². The summed E-state index contributed by atoms with van der Waals surface area (Å²) in [6, 6.07) is 26.9. The van der Waals surface area contributed by atoms with Crippen LogP contribution in [0.1, 0.15) is 27.0 Å². The van der Waals surface area contributed by atoms with Crippen LogP contribution < -0.4 is 4.74 Å². The molecule has 0 bridgehead atoms. The number of fused-ring (bicyclic) bond motifs is 1. The Morgan fingerprint density at radius 2 is 1.62 bits per heavy atom. The first-order valence-corrected chi connectivity index (χ1v) is 9.68. The molecule has 0 radical (unpaired) electrons. The molecule has 0 atom stereocenters. The lowest BCUT2D eigenvalue weighted by atomic mass is 10.0. The number of hydrogen-bond donors (Lipinski definition) is 1. The van der Waals surface area contributed by atoms with Crippen LogP contribution in [-0.2, 0) is 13.0 Å². The molecule has 0 aliphatic heterocycles. The third-order valence-corrected chi connectivity index (χ3v) is 5.07. The molecule has 0 saturated heterocycles. The van der Waals surface area contributed by atoms with Gasteiger partial charge in [-0.05, 0) is 58.1 Å². The Kier molecular flexibility index (Phi) is 5.50. The molecule has 0 fully saturated rings. The van der Waals surface area contributed by atoms with E-state index in [1.807, 2.05) is 72.8 Å². The van der Waals surface area contributed by atoms with Crippen LogP contribution in [0.3, 0.4) is 0 Å². The molecule has 0 spiro atoms. The minimum absolute atomic E-state index is 0.153. The van der Waals surface area contributed by atoms with Crippen molar-refractivity contribution in [2.45, 2.75) is 13.0 Å². The molecule has 4 aromatic carbocycles. The van der Waals surface area contributed by atoms with E-state index in [-0.39, 0.29) is 5.56 Å². The Balaban J connectivity index is 1.61. The van der Waals surface area contributed by atoms with Gasteiger partial charge in [0.1, 0.15) is 17.9 Å². The van der Waals surface area contributed by atoms with Crippen molar-refractivity contribution in [2.75, 3.05) is 0 Å². The molecule has 0 saturated carbocycles. The monoisotopic (exact) mass is 402 g/mol. The van der Waals surface area contributed by atoms with Gasteiger partial charge in [-0.3, -0.25) is 0 Å². The number of aromatic carboxylic acids is 1. The smallest absolute Gasteiger partial charge is 0.339 e. The minimum Gasteiger partial charge on any atom is -0.488 e. The van der Waals surface area contributed by atoms with Gasteiger partial charge >= 0.3 is 5.97 Å². The Bertz CT molecular complexity index is 1180. The second kappa shape index (κ2) is 8.38. The fraction of sp³-hybridized carbons (Fsp3) is 0.0800. The summed E-state index contributed by atoms with van der Waals surface area (Å²) in [6.07, 6.45) is 0.644. The fourth-order valence-electron chi connectivity index (χ4n) is 3.43. The van der Waals surface area contributed by atoms with Crippen molar-refractivity contribution in [3.63, 3.8) is 0 Å². The van der Waals surface area contributed by atoms with Crippen LogP contribution in [0.25, 0.3) is 10.8 Å². The second-order valence-corrected chi connectivity index (χ2v) is 7.31. The van der Waals surface area contributed by atoms with Crippen LogP contribution in [0.5, 0.6) is 5.75 Å². The molecule has 4 rings (SSSR count). The zero-order valence-corrected chi connectivity index (χ0v) is 16.4. The molecule has 0 unspecified atom stereocenters. The number of benzene rings is 4. The first-order chi connectivity index (χ1) is 14.1. The van der Waals surface area contributed by atoms with Gasteiger partial charge in [-0.25, -0.2) is 4.79 Å². The number of carbonyl (C=O) groups is 1. The lowest BCUT2D eigenvalue weighted by Gasteiger charge is -2.13. The van der Waals surface area contributed by atoms with E-state index in [1.54, 1.807) is 12.1 Å². The van der Waals surface area contributed by atoms with Gasteiger partial charge in [-0.2, -0.15) is 0 Å². The van der Waals surface area contributed by atoms with E-state index in [9.17, 15) is 9.90 Å². The van der Waals surface area contributed by atoms with Crippen molar-refractivity contribution < 1.29 is 14.6 Å². The molecular formula is C25H19ClO3. The first-order valence-electron chi connectivity index (χ1n) is 9.30. The molecule has 1 N–H and O–H groups in total. The Morgan fingerprint density at radius 3 is 2.45 bits per heavy atom. The van der Waals surface area contributed by atoms with E-state index in [0.29, 0.717) is 23.8 Å². The van der Waals surface area contributed by atoms with Crippen LogP contribution in [0.15, 0.2) is 84.9 Å². The number of rotatable bonds is 6. The van der Waals surface area contributed by atoms with Gasteiger partial charge in [0, 0.05) is 5.02 Å². The highest BCUT2D eigenvalue weighted by molar-refractivity contribution is 6.30. The summed E-state index contributed by atoms with van der Waals surface area (Å²) in [4.78, 5) is 11.7. The van der Waals surface area contributed by atoms with E-state index in [2.05, 4.69) is 0 Å². The largest absolute Gasteiger partial charge is 0.488 e. The number of halogens is 1. The van der Waals surface area contributed by atoms with Crippen LogP contribution in [0.4, 0.5) is 0 Å². The summed E-state index contributed by atoms with van der Waals surface area (Å²) < 4.78 is 5.99. The lowest BCUT2D eigenvalue weighted by Crippen LogP contribution is -2.05. The standard InChI is InChI=1S/C25H19ClO3/c26-21-9-3-5-17(14-21)13-18-11-12-23(25(27)28)24(15-18)29-16-20-8-4-7-19-6-1-2-10-22(19)20/h1-12,14-15H,13,16H2,(H,27,28). The van der Waals surface area contributed by atoms with Crippen molar-refractivity contribution in [3.8, 4) is 5.75 Å². The maximum atomic E-state index is 11.7. The zero-order chi connectivity index (χ0) is 20.2. The van der Waals surface area contributed by atoms with Gasteiger partial charge in [0.05, 0.1) is 0 Å². The van der Waals surface area contributed by atoms with Gasteiger partial charge in [0.15, 0.2) is 0 Å². The zero-order valence-electron chi connectivity index (χ0n) is 15.6. The van der Waals surface area contributed by atoms with E-state index < -0.39 is 5.97 Å². The summed E-state index contributed by atoms with van der Waals surface area (Å²) in [5.41, 5.74) is 3.19. The SMILES string of the molecule is O=C(O)c1ccc(Cc2cccc(Cl)c2)cc1OCc1cccc2ccccc12. The molecule has 4 aromatic rings. The maximum Gasteiger partial charge on any atom is 0.339 e. The number of ether oxygens (including phenoxy) is 1. The first kappa shape index (κ1) is 19.0. The van der Waals surface area contributed by atoms with E-state index in [4.69, 9.17) is 16.3 Å². The molecule has 29 heavy (non-hydrogen) atoms. The lowest BCUT2D eigenvalue weighted by molar-refractivity contribution is 0.0692. The molecule has 0 amide bonds. The molecule has 0 heterocycles. The number of carboxylic acids is 1. The van der Waals surface area contributed by atoms with Gasteiger partial charge in [-0.15, -0.1) is 0 Å². The molecule has 0 aliphatic rings. The number of hydrogen-bond acceptors (Lipinski definition) is 2. The van der Waals surface area contributed by atoms with Crippen molar-refractivity contribution in [3.05, 3.63) is 112 Å². The minimum atomic E-state index is -1.01. The molecule has 0 aromatic heterocycles. The normalized spacial score (nSPS) is 10.8. The fourth-order valence-corrected chi connectivity index (χ4v) is 3.64. The van der Waals surface area contributed by atoms with Crippen LogP contribution in [-0.4, -0.2) is 11.1 Å². The van der Waals surface area contributed by atoms with Gasteiger partial charge in [-0.1, -0.05) is 72.3 Å². The van der Waals surface area contributed by atoms with Crippen LogP contribution in [0.2, 0.25) is 5.02 Å². The quantitative estimate of drug-likeness (QED) is 0.408. The average Bonchev–Trinajstić information content (AvgIpc) is 2.72. The molecular weight excluding hydrogens is 384 g/mol. The molecule has 144 valence electrons. The Morgan fingerprint density at radius 1 is 0.862 bits per heavy atom. The summed E-state index contributed by atoms with van der Waals surface area (Å²) in [5, 5.41) is 12.5. The highest BCUT2D eigenvalue weighted by atomic mass is 35.5. The van der Waals surface area contributed by atoms with Crippen LogP contribution in [0, 0.1) is 0 Å². The highest BCUT2D eigenvalue weighted by Gasteiger charge is 2.13. The highest BCUT2D eigenvalue weighted by Crippen LogP contribution is 2.26. The second-order valence-electron chi connectivity index (χ2n) is 6.87. The molecule has 0 aliphatic carbocycles. The predicted molar refractivity (Wildman–Crippen MR) is 116 cm³/mol. The topological polar surface area (TPSA) is 46.5 Å². The van der Waals surface area contributed by atoms with Crippen molar-refractivity contribution in [1.82, 2.24) is 0 Å². The Labute approximate surface area is 174 Å². The van der Waals surface area contributed by atoms with Gasteiger partial charge in [0.2, 0.25) is 0 Å². The van der Waals surface area contributed by atoms with E-state index in [0.717, 1.165) is 27.5 Å². The summed E-state index contributed by atoms with van der Waals surface area (Å²) >= 11 is 6.07. The van der Waals surface area contributed by atoms with Crippen molar-refractivity contribution in [1.29, 1.82) is 0 Å². The van der Waals surface area contributed by atoms with Gasteiger partial charge < -0.3 is 9.84 Å². The average molecular weight is 403 g/mol. The van der Waals surface area contributed by atoms with Crippen molar-refractivity contribution >= 4 is 28.3 Å². The Hall–Kier alpha value is -3.30. The van der Waals surface area contributed by atoms with E-state index >= 15 is 0 Å². The summed E-state index contributed by atoms with van der Waals surface area (Å²) in [6.45, 7) is 0.294. The third kappa shape index (κ3) is 4.41. The molecule has 3 nitrogen and oxygen atoms in total. The third-order valence-electron chi connectivity index (χ3n) is 4.84. The summed E-state index contributed by atoms with van der Waals surface area (Å²) in [5.74, 6) is -0.641. The molecule has 4 heteroatoms. The summed E-state index contributed by atoms with van der Waals surface area (Å²) in [7, 11) is 0. The van der Waals surface area contributed by atoms with Crippen LogP contribution >= 0.6 is 11.6 Å². The van der Waals surface area contributed by atoms with E-state index in [1.165, 1.54) is 0 Å². The maximum absolute atomic E-state index is 11.7.